The smallest absolute Gasteiger partial charge is 0.0585 e. The van der Waals surface area contributed by atoms with Crippen molar-refractivity contribution >= 4 is 11.3 Å². The Kier molecular flexibility index (Phi) is 3.76. The van der Waals surface area contributed by atoms with Crippen molar-refractivity contribution in [2.24, 2.45) is 0 Å². The highest BCUT2D eigenvalue weighted by molar-refractivity contribution is 7.11. The Morgan fingerprint density at radius 1 is 1.33 bits per heavy atom. The summed E-state index contributed by atoms with van der Waals surface area (Å²) in [5.41, 5.74) is 0. The molecule has 1 rings (SSSR count). The third-order valence-electron chi connectivity index (χ3n) is 1.97. The van der Waals surface area contributed by atoms with Gasteiger partial charge in [-0.3, -0.25) is 0 Å². The van der Waals surface area contributed by atoms with Crippen LogP contribution in [0.5, 0.6) is 0 Å². The standard InChI is InChI=1S/C10H16OS/c1-3-8(11)7-10-6-5-9(4-2)12-10/h5-6,8,11H,3-4,7H2,1-2H3. The van der Waals surface area contributed by atoms with Gasteiger partial charge in [-0.25, -0.2) is 0 Å². The van der Waals surface area contributed by atoms with Gasteiger partial charge >= 0.3 is 0 Å². The normalized spacial score (nSPS) is 13.2. The maximum atomic E-state index is 9.40. The van der Waals surface area contributed by atoms with Crippen LogP contribution in [-0.4, -0.2) is 11.2 Å². The molecule has 12 heavy (non-hydrogen) atoms. The molecule has 0 radical (unpaired) electrons. The third kappa shape index (κ3) is 2.61. The molecule has 0 aliphatic rings. The first kappa shape index (κ1) is 9.75. The van der Waals surface area contributed by atoms with Crippen molar-refractivity contribution < 1.29 is 5.11 Å². The highest BCUT2D eigenvalue weighted by Crippen LogP contribution is 2.18. The van der Waals surface area contributed by atoms with Crippen LogP contribution in [0.2, 0.25) is 0 Å². The minimum Gasteiger partial charge on any atom is -0.393 e. The molecule has 0 aliphatic carbocycles. The number of hydrogen-bond acceptors (Lipinski definition) is 2. The van der Waals surface area contributed by atoms with E-state index >= 15 is 0 Å². The van der Waals surface area contributed by atoms with Gasteiger partial charge in [0.25, 0.3) is 0 Å². The Hall–Kier alpha value is -0.340. The molecule has 1 heterocycles. The minimum atomic E-state index is -0.159. The zero-order valence-corrected chi connectivity index (χ0v) is 8.53. The molecule has 0 aromatic carbocycles. The maximum Gasteiger partial charge on any atom is 0.0585 e. The van der Waals surface area contributed by atoms with E-state index in [4.69, 9.17) is 0 Å². The summed E-state index contributed by atoms with van der Waals surface area (Å²) in [4.78, 5) is 2.72. The molecular weight excluding hydrogens is 168 g/mol. The van der Waals surface area contributed by atoms with Crippen molar-refractivity contribution in [2.75, 3.05) is 0 Å². The maximum absolute atomic E-state index is 9.40. The van der Waals surface area contributed by atoms with Crippen LogP contribution in [0, 0.1) is 0 Å². The molecule has 1 atom stereocenters. The van der Waals surface area contributed by atoms with Crippen molar-refractivity contribution in [3.63, 3.8) is 0 Å². The van der Waals surface area contributed by atoms with Crippen LogP contribution in [0.15, 0.2) is 12.1 Å². The molecule has 1 unspecified atom stereocenters. The van der Waals surface area contributed by atoms with E-state index in [0.717, 1.165) is 19.3 Å². The monoisotopic (exact) mass is 184 g/mol. The summed E-state index contributed by atoms with van der Waals surface area (Å²) in [6.07, 6.45) is 2.61. The van der Waals surface area contributed by atoms with E-state index in [9.17, 15) is 5.11 Å². The van der Waals surface area contributed by atoms with Gasteiger partial charge in [-0.15, -0.1) is 11.3 Å². The summed E-state index contributed by atoms with van der Waals surface area (Å²) < 4.78 is 0. The van der Waals surface area contributed by atoms with Crippen LogP contribution in [0.3, 0.4) is 0 Å². The highest BCUT2D eigenvalue weighted by atomic mass is 32.1. The summed E-state index contributed by atoms with van der Waals surface area (Å²) >= 11 is 1.82. The molecule has 0 fully saturated rings. The lowest BCUT2D eigenvalue weighted by atomic mass is 10.2. The summed E-state index contributed by atoms with van der Waals surface area (Å²) in [5, 5.41) is 9.40. The fraction of sp³-hybridized carbons (Fsp3) is 0.600. The average Bonchev–Trinajstić information content (AvgIpc) is 2.52. The van der Waals surface area contributed by atoms with Crippen LogP contribution in [0.4, 0.5) is 0 Å². The molecule has 0 saturated carbocycles. The van der Waals surface area contributed by atoms with Gasteiger partial charge in [-0.1, -0.05) is 13.8 Å². The first-order chi connectivity index (χ1) is 5.76. The zero-order chi connectivity index (χ0) is 8.97. The van der Waals surface area contributed by atoms with Crippen LogP contribution in [0.25, 0.3) is 0 Å². The first-order valence-corrected chi connectivity index (χ1v) is 5.33. The van der Waals surface area contributed by atoms with E-state index in [2.05, 4.69) is 19.1 Å². The Labute approximate surface area is 78.1 Å². The minimum absolute atomic E-state index is 0.159. The molecule has 1 nitrogen and oxygen atoms in total. The second-order valence-electron chi connectivity index (χ2n) is 2.99. The molecule has 0 bridgehead atoms. The van der Waals surface area contributed by atoms with Crippen molar-refractivity contribution in [3.8, 4) is 0 Å². The number of aryl methyl sites for hydroxylation is 1. The fourth-order valence-electron chi connectivity index (χ4n) is 1.10. The summed E-state index contributed by atoms with van der Waals surface area (Å²) in [5.74, 6) is 0. The highest BCUT2D eigenvalue weighted by Gasteiger charge is 2.04. The molecule has 1 N–H and O–H groups in total. The molecular formula is C10H16OS. The van der Waals surface area contributed by atoms with Crippen LogP contribution in [-0.2, 0) is 12.8 Å². The predicted octanol–water partition coefficient (Wildman–Crippen LogP) is 2.62. The van der Waals surface area contributed by atoms with Gasteiger partial charge in [0.05, 0.1) is 6.10 Å². The van der Waals surface area contributed by atoms with Crippen molar-refractivity contribution in [3.05, 3.63) is 21.9 Å². The lowest BCUT2D eigenvalue weighted by molar-refractivity contribution is 0.171. The van der Waals surface area contributed by atoms with Gasteiger partial charge < -0.3 is 5.11 Å². The van der Waals surface area contributed by atoms with E-state index in [1.54, 1.807) is 0 Å². The molecule has 1 aromatic rings. The van der Waals surface area contributed by atoms with Crippen molar-refractivity contribution in [1.82, 2.24) is 0 Å². The molecule has 0 aliphatic heterocycles. The van der Waals surface area contributed by atoms with Crippen LogP contribution in [0.1, 0.15) is 30.0 Å². The Balaban J connectivity index is 2.52. The largest absolute Gasteiger partial charge is 0.393 e. The Bertz CT molecular complexity index is 229. The molecule has 68 valence electrons. The Morgan fingerprint density at radius 3 is 2.50 bits per heavy atom. The predicted molar refractivity (Wildman–Crippen MR) is 53.7 cm³/mol. The van der Waals surface area contributed by atoms with Crippen LogP contribution >= 0.6 is 11.3 Å². The molecule has 2 heteroatoms. The van der Waals surface area contributed by atoms with Gasteiger partial charge in [0.15, 0.2) is 0 Å². The average molecular weight is 184 g/mol. The van der Waals surface area contributed by atoms with E-state index in [1.807, 2.05) is 18.3 Å². The second kappa shape index (κ2) is 4.63. The van der Waals surface area contributed by atoms with Gasteiger partial charge in [0.2, 0.25) is 0 Å². The fourth-order valence-corrected chi connectivity index (χ4v) is 2.13. The first-order valence-electron chi connectivity index (χ1n) is 4.51. The zero-order valence-electron chi connectivity index (χ0n) is 7.71. The number of aliphatic hydroxyl groups is 1. The lowest BCUT2D eigenvalue weighted by Crippen LogP contribution is -2.06. The molecule has 1 aromatic heterocycles. The summed E-state index contributed by atoms with van der Waals surface area (Å²) in [6.45, 7) is 4.17. The van der Waals surface area contributed by atoms with E-state index in [-0.39, 0.29) is 6.10 Å². The van der Waals surface area contributed by atoms with Crippen molar-refractivity contribution in [1.29, 1.82) is 0 Å². The SMILES string of the molecule is CCc1ccc(CC(O)CC)s1. The molecule has 0 spiro atoms. The van der Waals surface area contributed by atoms with Gasteiger partial charge in [-0.2, -0.15) is 0 Å². The van der Waals surface area contributed by atoms with Gasteiger partial charge in [0.1, 0.15) is 0 Å². The van der Waals surface area contributed by atoms with Gasteiger partial charge in [-0.05, 0) is 25.0 Å². The van der Waals surface area contributed by atoms with Crippen molar-refractivity contribution in [2.45, 2.75) is 39.2 Å². The lowest BCUT2D eigenvalue weighted by Gasteiger charge is -2.03. The quantitative estimate of drug-likeness (QED) is 0.762. The number of thiophene rings is 1. The Morgan fingerprint density at radius 2 is 2.00 bits per heavy atom. The van der Waals surface area contributed by atoms with E-state index in [0.29, 0.717) is 0 Å². The van der Waals surface area contributed by atoms with Gasteiger partial charge in [0, 0.05) is 16.2 Å². The van der Waals surface area contributed by atoms with E-state index in [1.165, 1.54) is 9.75 Å². The molecule has 0 saturated heterocycles. The second-order valence-corrected chi connectivity index (χ2v) is 4.24. The number of rotatable bonds is 4. The summed E-state index contributed by atoms with van der Waals surface area (Å²) in [6, 6.07) is 4.28. The van der Waals surface area contributed by atoms with Crippen LogP contribution < -0.4 is 0 Å². The molecule has 0 amide bonds. The van der Waals surface area contributed by atoms with E-state index < -0.39 is 0 Å². The summed E-state index contributed by atoms with van der Waals surface area (Å²) in [7, 11) is 0. The number of hydrogen-bond donors (Lipinski definition) is 1. The third-order valence-corrected chi connectivity index (χ3v) is 3.23. The number of aliphatic hydroxyl groups excluding tert-OH is 1. The topological polar surface area (TPSA) is 20.2 Å².